The molecule has 1 saturated heterocycles. The molecule has 0 spiro atoms. The first-order valence-corrected chi connectivity index (χ1v) is 11.1. The van der Waals surface area contributed by atoms with Crippen molar-refractivity contribution in [1.82, 2.24) is 0 Å². The number of rotatable bonds is 5. The van der Waals surface area contributed by atoms with E-state index >= 15 is 0 Å². The summed E-state index contributed by atoms with van der Waals surface area (Å²) in [5, 5.41) is 11.8. The Kier molecular flexibility index (Phi) is 6.45. The predicted molar refractivity (Wildman–Crippen MR) is 130 cm³/mol. The highest BCUT2D eigenvalue weighted by molar-refractivity contribution is 6.52. The molecule has 1 N–H and O–H groups in total. The Morgan fingerprint density at radius 3 is 2.33 bits per heavy atom. The normalized spacial score (nSPS) is 17.5. The van der Waals surface area contributed by atoms with Gasteiger partial charge in [-0.05, 0) is 67.4 Å². The molecule has 1 heterocycles. The highest BCUT2D eigenvalue weighted by Crippen LogP contribution is 2.44. The van der Waals surface area contributed by atoms with Crippen LogP contribution in [0, 0.1) is 6.92 Å². The van der Waals surface area contributed by atoms with Gasteiger partial charge in [0.15, 0.2) is 0 Å². The summed E-state index contributed by atoms with van der Waals surface area (Å²) in [5.41, 5.74) is 2.40. The third-order valence-corrected chi connectivity index (χ3v) is 6.29. The fraction of sp³-hybridized carbons (Fsp3) is 0.154. The number of amides is 1. The molecule has 1 unspecified atom stereocenters. The molecule has 1 aliphatic heterocycles. The molecule has 1 aliphatic rings. The average molecular weight is 482 g/mol. The van der Waals surface area contributed by atoms with Crippen molar-refractivity contribution in [3.8, 4) is 5.75 Å². The summed E-state index contributed by atoms with van der Waals surface area (Å²) in [4.78, 5) is 27.8. The molecule has 7 heteroatoms. The Hall–Kier alpha value is -3.28. The van der Waals surface area contributed by atoms with Crippen LogP contribution in [0.4, 0.5) is 5.69 Å². The summed E-state index contributed by atoms with van der Waals surface area (Å²) in [6, 6.07) is 18.0. The van der Waals surface area contributed by atoms with Crippen LogP contribution in [0.1, 0.15) is 29.7 Å². The molecular formula is C26H21Cl2NO4. The van der Waals surface area contributed by atoms with Crippen molar-refractivity contribution in [2.45, 2.75) is 19.9 Å². The Bertz CT molecular complexity index is 1270. The van der Waals surface area contributed by atoms with Gasteiger partial charge in [0.1, 0.15) is 11.5 Å². The van der Waals surface area contributed by atoms with Crippen LogP contribution < -0.4 is 9.64 Å². The van der Waals surface area contributed by atoms with Gasteiger partial charge in [-0.3, -0.25) is 14.5 Å². The first-order valence-electron chi connectivity index (χ1n) is 10.4. The predicted octanol–water partition coefficient (Wildman–Crippen LogP) is 6.33. The minimum absolute atomic E-state index is 0.00420. The number of carbonyl (C=O) groups is 2. The Labute approximate surface area is 201 Å². The van der Waals surface area contributed by atoms with Crippen molar-refractivity contribution in [2.75, 3.05) is 11.5 Å². The first-order chi connectivity index (χ1) is 15.8. The van der Waals surface area contributed by atoms with Crippen LogP contribution in [0.3, 0.4) is 0 Å². The molecule has 168 valence electrons. The summed E-state index contributed by atoms with van der Waals surface area (Å²) < 4.78 is 5.46. The third kappa shape index (κ3) is 4.22. The number of halogens is 2. The lowest BCUT2D eigenvalue weighted by Gasteiger charge is -2.27. The molecular weight excluding hydrogens is 461 g/mol. The van der Waals surface area contributed by atoms with Crippen molar-refractivity contribution in [3.63, 3.8) is 0 Å². The van der Waals surface area contributed by atoms with Crippen LogP contribution in [-0.2, 0) is 9.59 Å². The van der Waals surface area contributed by atoms with E-state index in [4.69, 9.17) is 27.9 Å². The number of aryl methyl sites for hydroxylation is 1. The topological polar surface area (TPSA) is 66.8 Å². The molecule has 3 aromatic carbocycles. The Morgan fingerprint density at radius 1 is 1.00 bits per heavy atom. The number of aliphatic hydroxyl groups is 1. The molecule has 1 atom stereocenters. The van der Waals surface area contributed by atoms with Gasteiger partial charge in [-0.25, -0.2) is 0 Å². The van der Waals surface area contributed by atoms with Crippen LogP contribution in [0.2, 0.25) is 10.0 Å². The lowest BCUT2D eigenvalue weighted by atomic mass is 9.92. The molecule has 1 fully saturated rings. The van der Waals surface area contributed by atoms with E-state index in [1.807, 2.05) is 38.1 Å². The minimum atomic E-state index is -0.838. The third-order valence-electron chi connectivity index (χ3n) is 5.55. The van der Waals surface area contributed by atoms with E-state index in [2.05, 4.69) is 0 Å². The van der Waals surface area contributed by atoms with E-state index in [1.165, 1.54) is 11.0 Å². The number of benzene rings is 3. The van der Waals surface area contributed by atoms with Gasteiger partial charge >= 0.3 is 0 Å². The van der Waals surface area contributed by atoms with Crippen LogP contribution in [0.25, 0.3) is 5.76 Å². The number of ether oxygens (including phenoxy) is 1. The second-order valence-corrected chi connectivity index (χ2v) is 8.40. The maximum Gasteiger partial charge on any atom is 0.300 e. The quantitative estimate of drug-likeness (QED) is 0.262. The van der Waals surface area contributed by atoms with Crippen molar-refractivity contribution in [2.24, 2.45) is 0 Å². The van der Waals surface area contributed by atoms with Crippen molar-refractivity contribution in [3.05, 3.63) is 99.0 Å². The molecule has 0 bridgehead atoms. The zero-order valence-electron chi connectivity index (χ0n) is 18.0. The van der Waals surface area contributed by atoms with E-state index < -0.39 is 17.7 Å². The second kappa shape index (κ2) is 9.30. The van der Waals surface area contributed by atoms with Crippen molar-refractivity contribution < 1.29 is 19.4 Å². The van der Waals surface area contributed by atoms with E-state index in [0.717, 1.165) is 11.1 Å². The maximum absolute atomic E-state index is 13.2. The lowest BCUT2D eigenvalue weighted by Crippen LogP contribution is -2.29. The van der Waals surface area contributed by atoms with Crippen LogP contribution in [-0.4, -0.2) is 23.4 Å². The molecule has 0 saturated carbocycles. The molecule has 3 aromatic rings. The largest absolute Gasteiger partial charge is 0.507 e. The van der Waals surface area contributed by atoms with Gasteiger partial charge in [-0.15, -0.1) is 0 Å². The van der Waals surface area contributed by atoms with Crippen molar-refractivity contribution in [1.29, 1.82) is 0 Å². The maximum atomic E-state index is 13.2. The SMILES string of the molecule is CCOc1ccc(/C(O)=C2\C(=O)C(=O)N(c3ccc(Cl)c(Cl)c3)C2c2ccccc2C)cc1. The zero-order valence-corrected chi connectivity index (χ0v) is 19.5. The highest BCUT2D eigenvalue weighted by Gasteiger charge is 2.47. The van der Waals surface area contributed by atoms with Crippen LogP contribution >= 0.6 is 23.2 Å². The first kappa shape index (κ1) is 22.9. The van der Waals surface area contributed by atoms with Gasteiger partial charge < -0.3 is 9.84 Å². The summed E-state index contributed by atoms with van der Waals surface area (Å²) >= 11 is 12.3. The van der Waals surface area contributed by atoms with Crippen LogP contribution in [0.15, 0.2) is 72.3 Å². The molecule has 0 aromatic heterocycles. The second-order valence-electron chi connectivity index (χ2n) is 7.58. The average Bonchev–Trinajstić information content (AvgIpc) is 3.07. The van der Waals surface area contributed by atoms with Gasteiger partial charge in [-0.2, -0.15) is 0 Å². The Balaban J connectivity index is 1.92. The fourth-order valence-corrected chi connectivity index (χ4v) is 4.25. The molecule has 4 rings (SSSR count). The minimum Gasteiger partial charge on any atom is -0.507 e. The number of hydrogen-bond donors (Lipinski definition) is 1. The summed E-state index contributed by atoms with van der Waals surface area (Å²) in [6.07, 6.45) is 0. The highest BCUT2D eigenvalue weighted by atomic mass is 35.5. The van der Waals surface area contributed by atoms with E-state index in [9.17, 15) is 14.7 Å². The smallest absolute Gasteiger partial charge is 0.300 e. The van der Waals surface area contributed by atoms with Crippen LogP contribution in [0.5, 0.6) is 5.75 Å². The number of anilines is 1. The van der Waals surface area contributed by atoms with Gasteiger partial charge in [0, 0.05) is 11.3 Å². The van der Waals surface area contributed by atoms with E-state index in [-0.39, 0.29) is 16.4 Å². The van der Waals surface area contributed by atoms with E-state index in [1.54, 1.807) is 36.4 Å². The summed E-state index contributed by atoms with van der Waals surface area (Å²) in [6.45, 7) is 4.27. The van der Waals surface area contributed by atoms with E-state index in [0.29, 0.717) is 28.6 Å². The standard InChI is InChI=1S/C26H21Cl2NO4/c1-3-33-18-11-8-16(9-12-18)24(30)22-23(19-7-5-4-6-15(19)2)29(26(32)25(22)31)17-10-13-20(27)21(28)14-17/h4-14,23,30H,3H2,1-2H3/b24-22+. The zero-order chi connectivity index (χ0) is 23.7. The Morgan fingerprint density at radius 2 is 1.70 bits per heavy atom. The molecule has 0 radical (unpaired) electrons. The fourth-order valence-electron chi connectivity index (χ4n) is 3.95. The lowest BCUT2D eigenvalue weighted by molar-refractivity contribution is -0.132. The number of hydrogen-bond acceptors (Lipinski definition) is 4. The number of carbonyl (C=O) groups excluding carboxylic acids is 2. The number of nitrogens with zero attached hydrogens (tertiary/aromatic N) is 1. The molecule has 5 nitrogen and oxygen atoms in total. The summed E-state index contributed by atoms with van der Waals surface area (Å²) in [7, 11) is 0. The monoisotopic (exact) mass is 481 g/mol. The summed E-state index contributed by atoms with van der Waals surface area (Å²) in [5.74, 6) is -1.15. The van der Waals surface area contributed by atoms with Gasteiger partial charge in [-0.1, -0.05) is 47.5 Å². The van der Waals surface area contributed by atoms with Gasteiger partial charge in [0.05, 0.1) is 28.3 Å². The van der Waals surface area contributed by atoms with Gasteiger partial charge in [0.2, 0.25) is 0 Å². The number of ketones is 1. The molecule has 0 aliphatic carbocycles. The molecule has 33 heavy (non-hydrogen) atoms. The number of aliphatic hydroxyl groups excluding tert-OH is 1. The molecule has 1 amide bonds. The van der Waals surface area contributed by atoms with Crippen molar-refractivity contribution >= 4 is 46.3 Å². The number of Topliss-reactive ketones (excluding diaryl/α,β-unsaturated/α-hetero) is 1. The van der Waals surface area contributed by atoms with Gasteiger partial charge in [0.25, 0.3) is 11.7 Å².